The van der Waals surface area contributed by atoms with E-state index >= 15 is 0 Å². The van der Waals surface area contributed by atoms with Gasteiger partial charge in [-0.2, -0.15) is 0 Å². The van der Waals surface area contributed by atoms with Crippen LogP contribution in [0.15, 0.2) is 41.2 Å². The molecule has 0 aliphatic carbocycles. The van der Waals surface area contributed by atoms with Crippen molar-refractivity contribution >= 4 is 46.1 Å². The van der Waals surface area contributed by atoms with Crippen LogP contribution in [0.1, 0.15) is 56.3 Å². The van der Waals surface area contributed by atoms with Gasteiger partial charge in [-0.25, -0.2) is 9.78 Å². The minimum atomic E-state index is -0.718. The average Bonchev–Trinajstić information content (AvgIpc) is 2.73. The summed E-state index contributed by atoms with van der Waals surface area (Å²) in [6.07, 6.45) is -0.288. The lowest BCUT2D eigenvalue weighted by atomic mass is 10.1. The Morgan fingerprint density at radius 2 is 1.85 bits per heavy atom. The van der Waals surface area contributed by atoms with Gasteiger partial charge in [-0.1, -0.05) is 36.2 Å². The second-order valence-corrected chi connectivity index (χ2v) is 9.20. The summed E-state index contributed by atoms with van der Waals surface area (Å²) >= 11 is 12.7. The van der Waals surface area contributed by atoms with Gasteiger partial charge in [-0.3, -0.25) is 14.2 Å². The van der Waals surface area contributed by atoms with Crippen molar-refractivity contribution in [2.75, 3.05) is 0 Å². The van der Waals surface area contributed by atoms with E-state index in [2.05, 4.69) is 10.3 Å². The van der Waals surface area contributed by atoms with Gasteiger partial charge in [0.1, 0.15) is 11.4 Å². The molecule has 0 aliphatic rings. The SMILES string of the molecule is CC[C@H](NC(=O)OC(C)(C)C)c1nc2c(Cl)ccc(Cl)c2c(=O)n1-c1cccc(C(N)=O)c1. The van der Waals surface area contributed by atoms with Crippen molar-refractivity contribution in [3.05, 3.63) is 68.2 Å². The number of benzene rings is 2. The van der Waals surface area contributed by atoms with E-state index in [0.717, 1.165) is 0 Å². The minimum absolute atomic E-state index is 0.115. The van der Waals surface area contributed by atoms with Crippen LogP contribution < -0.4 is 16.6 Å². The predicted octanol–water partition coefficient (Wildman–Crippen LogP) is 4.77. The number of halogens is 2. The first-order valence-electron chi connectivity index (χ1n) is 10.2. The number of primary amides is 1. The van der Waals surface area contributed by atoms with Crippen molar-refractivity contribution in [2.45, 2.75) is 45.8 Å². The number of hydrogen-bond donors (Lipinski definition) is 2. The largest absolute Gasteiger partial charge is 0.444 e. The zero-order chi connectivity index (χ0) is 24.5. The molecule has 0 aliphatic heterocycles. The fourth-order valence-corrected chi connectivity index (χ4v) is 3.75. The molecule has 1 atom stereocenters. The van der Waals surface area contributed by atoms with Crippen molar-refractivity contribution in [2.24, 2.45) is 5.73 Å². The van der Waals surface area contributed by atoms with Crippen LogP contribution in [0.3, 0.4) is 0 Å². The van der Waals surface area contributed by atoms with Crippen LogP contribution in [0, 0.1) is 0 Å². The number of nitrogens with two attached hydrogens (primary N) is 1. The summed E-state index contributed by atoms with van der Waals surface area (Å²) in [4.78, 5) is 42.5. The van der Waals surface area contributed by atoms with E-state index in [1.165, 1.54) is 22.8 Å². The van der Waals surface area contributed by atoms with Crippen molar-refractivity contribution in [3.8, 4) is 5.69 Å². The highest BCUT2D eigenvalue weighted by molar-refractivity contribution is 6.39. The van der Waals surface area contributed by atoms with Crippen LogP contribution in [0.4, 0.5) is 4.79 Å². The monoisotopic (exact) mass is 490 g/mol. The molecule has 3 rings (SSSR count). The van der Waals surface area contributed by atoms with Gasteiger partial charge in [0, 0.05) is 5.56 Å². The summed E-state index contributed by atoms with van der Waals surface area (Å²) in [5, 5.41) is 3.28. The number of carbonyl (C=O) groups excluding carboxylic acids is 2. The smallest absolute Gasteiger partial charge is 0.408 e. The Kier molecular flexibility index (Phi) is 7.00. The Hall–Kier alpha value is -3.10. The summed E-state index contributed by atoms with van der Waals surface area (Å²) < 4.78 is 6.67. The van der Waals surface area contributed by atoms with Gasteiger partial charge >= 0.3 is 6.09 Å². The van der Waals surface area contributed by atoms with Crippen molar-refractivity contribution in [1.29, 1.82) is 0 Å². The summed E-state index contributed by atoms with van der Waals surface area (Å²) in [6, 6.07) is 8.56. The maximum Gasteiger partial charge on any atom is 0.408 e. The fourth-order valence-electron chi connectivity index (χ4n) is 3.31. The number of alkyl carbamates (subject to hydrolysis) is 1. The maximum atomic E-state index is 13.7. The van der Waals surface area contributed by atoms with Gasteiger partial charge in [0.05, 0.1) is 32.7 Å². The van der Waals surface area contributed by atoms with E-state index in [0.29, 0.717) is 12.1 Å². The lowest BCUT2D eigenvalue weighted by Crippen LogP contribution is -2.37. The molecule has 3 aromatic rings. The number of amides is 2. The van der Waals surface area contributed by atoms with E-state index < -0.39 is 29.2 Å². The Bertz CT molecular complexity index is 1300. The first-order chi connectivity index (χ1) is 15.4. The number of carbonyl (C=O) groups is 2. The van der Waals surface area contributed by atoms with E-state index in [4.69, 9.17) is 33.7 Å². The summed E-state index contributed by atoms with van der Waals surface area (Å²) in [7, 11) is 0. The molecule has 0 saturated heterocycles. The second kappa shape index (κ2) is 9.41. The molecular weight excluding hydrogens is 467 g/mol. The van der Waals surface area contributed by atoms with Crippen LogP contribution in [-0.4, -0.2) is 27.2 Å². The molecule has 3 N–H and O–H groups in total. The Labute approximate surface area is 200 Å². The minimum Gasteiger partial charge on any atom is -0.444 e. The highest BCUT2D eigenvalue weighted by atomic mass is 35.5. The molecule has 33 heavy (non-hydrogen) atoms. The number of ether oxygens (including phenoxy) is 1. The number of rotatable bonds is 5. The molecule has 0 fully saturated rings. The molecule has 1 heterocycles. The summed E-state index contributed by atoms with van der Waals surface area (Å²) in [5.41, 5.74) is 4.95. The van der Waals surface area contributed by atoms with Crippen LogP contribution >= 0.6 is 23.2 Å². The lowest BCUT2D eigenvalue weighted by molar-refractivity contribution is 0.0499. The van der Waals surface area contributed by atoms with Gasteiger partial charge < -0.3 is 15.8 Å². The third kappa shape index (κ3) is 5.29. The molecule has 0 radical (unpaired) electrons. The van der Waals surface area contributed by atoms with Crippen molar-refractivity contribution in [3.63, 3.8) is 0 Å². The highest BCUT2D eigenvalue weighted by Crippen LogP contribution is 2.29. The van der Waals surface area contributed by atoms with Gasteiger partial charge in [-0.05, 0) is 57.5 Å². The third-order valence-electron chi connectivity index (χ3n) is 4.75. The molecule has 10 heteroatoms. The Morgan fingerprint density at radius 1 is 1.18 bits per heavy atom. The molecule has 2 amide bonds. The number of hydrogen-bond acceptors (Lipinski definition) is 5. The summed E-state index contributed by atoms with van der Waals surface area (Å²) in [6.45, 7) is 7.06. The quantitative estimate of drug-likeness (QED) is 0.534. The van der Waals surface area contributed by atoms with Crippen LogP contribution in [0.5, 0.6) is 0 Å². The molecular formula is C23H24Cl2N4O4. The topological polar surface area (TPSA) is 116 Å². The molecule has 174 valence electrons. The Balaban J connectivity index is 2.30. The van der Waals surface area contributed by atoms with Crippen molar-refractivity contribution in [1.82, 2.24) is 14.9 Å². The first-order valence-corrected chi connectivity index (χ1v) is 11.0. The van der Waals surface area contributed by atoms with Crippen LogP contribution in [0.25, 0.3) is 16.6 Å². The standard InChI is InChI=1S/C23H24Cl2N4O4/c1-5-16(27-22(32)33-23(2,3)4)20-28-18-15(25)10-9-14(24)17(18)21(31)29(20)13-8-6-7-12(11-13)19(26)30/h6-11,16H,5H2,1-4H3,(H2,26,30)(H,27,32)/t16-/m0/s1. The number of aromatic nitrogens is 2. The second-order valence-electron chi connectivity index (χ2n) is 8.39. The molecule has 2 aromatic carbocycles. The lowest BCUT2D eigenvalue weighted by Gasteiger charge is -2.25. The average molecular weight is 491 g/mol. The molecule has 0 bridgehead atoms. The molecule has 1 aromatic heterocycles. The fraction of sp³-hybridized carbons (Fsp3) is 0.304. The third-order valence-corrected chi connectivity index (χ3v) is 5.37. The zero-order valence-corrected chi connectivity index (χ0v) is 20.1. The molecule has 0 saturated carbocycles. The summed E-state index contributed by atoms with van der Waals surface area (Å²) in [5.74, 6) is -0.452. The molecule has 0 spiro atoms. The highest BCUT2D eigenvalue weighted by Gasteiger charge is 2.26. The van der Waals surface area contributed by atoms with Crippen molar-refractivity contribution < 1.29 is 14.3 Å². The van der Waals surface area contributed by atoms with E-state index in [1.54, 1.807) is 39.0 Å². The maximum absolute atomic E-state index is 13.7. The van der Waals surface area contributed by atoms with E-state index in [1.807, 2.05) is 6.92 Å². The van der Waals surface area contributed by atoms with Gasteiger partial charge in [0.2, 0.25) is 5.91 Å². The number of fused-ring (bicyclic) bond motifs is 1. The van der Waals surface area contributed by atoms with E-state index in [9.17, 15) is 14.4 Å². The van der Waals surface area contributed by atoms with Crippen LogP contribution in [0.2, 0.25) is 10.0 Å². The molecule has 8 nitrogen and oxygen atoms in total. The zero-order valence-electron chi connectivity index (χ0n) is 18.6. The predicted molar refractivity (Wildman–Crippen MR) is 128 cm³/mol. The normalized spacial score (nSPS) is 12.4. The van der Waals surface area contributed by atoms with Gasteiger partial charge in [-0.15, -0.1) is 0 Å². The first kappa shape index (κ1) is 24.5. The van der Waals surface area contributed by atoms with Gasteiger partial charge in [0.15, 0.2) is 0 Å². The van der Waals surface area contributed by atoms with E-state index in [-0.39, 0.29) is 32.3 Å². The van der Waals surface area contributed by atoms with Crippen LogP contribution in [-0.2, 0) is 4.74 Å². The number of nitrogens with one attached hydrogen (secondary N) is 1. The van der Waals surface area contributed by atoms with Gasteiger partial charge in [0.25, 0.3) is 5.56 Å². The Morgan fingerprint density at radius 3 is 2.45 bits per heavy atom. The number of nitrogens with zero attached hydrogens (tertiary/aromatic N) is 2. The molecule has 0 unspecified atom stereocenters.